The molecule has 0 radical (unpaired) electrons. The Hall–Kier alpha value is -2.79. The van der Waals surface area contributed by atoms with Gasteiger partial charge in [-0.05, 0) is 47.9 Å². The number of ketones is 1. The molecular formula is C19H15FN2O2. The number of halogens is 1. The van der Waals surface area contributed by atoms with Crippen LogP contribution in [-0.2, 0) is 6.54 Å². The summed E-state index contributed by atoms with van der Waals surface area (Å²) in [5.41, 5.74) is 3.84. The van der Waals surface area contributed by atoms with Gasteiger partial charge in [-0.15, -0.1) is 0 Å². The zero-order valence-electron chi connectivity index (χ0n) is 13.1. The average molecular weight is 322 g/mol. The minimum atomic E-state index is -0.319. The quantitative estimate of drug-likeness (QED) is 0.736. The van der Waals surface area contributed by atoms with Crippen LogP contribution in [0.5, 0.6) is 0 Å². The van der Waals surface area contributed by atoms with Crippen molar-refractivity contribution in [2.45, 2.75) is 13.5 Å². The van der Waals surface area contributed by atoms with Gasteiger partial charge in [0, 0.05) is 23.7 Å². The summed E-state index contributed by atoms with van der Waals surface area (Å²) in [5, 5.41) is 3.87. The zero-order chi connectivity index (χ0) is 16.8. The number of hydrogen-bond acceptors (Lipinski definition) is 3. The van der Waals surface area contributed by atoms with Gasteiger partial charge in [0.2, 0.25) is 5.91 Å². The third-order valence-electron chi connectivity index (χ3n) is 4.42. The minimum absolute atomic E-state index is 0.0483. The van der Waals surface area contributed by atoms with Crippen molar-refractivity contribution in [3.05, 3.63) is 59.5 Å². The van der Waals surface area contributed by atoms with Crippen LogP contribution >= 0.6 is 0 Å². The largest absolute Gasteiger partial charge is 0.304 e. The number of carbonyl (C=O) groups excluding carboxylic acids is 2. The summed E-state index contributed by atoms with van der Waals surface area (Å²) in [5.74, 6) is -0.447. The van der Waals surface area contributed by atoms with Crippen LogP contribution < -0.4 is 5.32 Å². The summed E-state index contributed by atoms with van der Waals surface area (Å²) in [6.07, 6.45) is 1.71. The number of Topliss-reactive ketones (excluding diaryl/α,β-unsaturated/α-hetero) is 1. The molecule has 0 atom stereocenters. The monoisotopic (exact) mass is 322 g/mol. The molecule has 1 aliphatic rings. The first-order valence-electron chi connectivity index (χ1n) is 7.74. The van der Waals surface area contributed by atoms with E-state index in [2.05, 4.69) is 5.32 Å². The molecule has 0 saturated heterocycles. The van der Waals surface area contributed by atoms with Crippen LogP contribution in [0.25, 0.3) is 22.0 Å². The van der Waals surface area contributed by atoms with Crippen molar-refractivity contribution in [3.8, 4) is 11.1 Å². The Kier molecular flexibility index (Phi) is 3.32. The Morgan fingerprint density at radius 1 is 1.17 bits per heavy atom. The van der Waals surface area contributed by atoms with Gasteiger partial charge in [-0.25, -0.2) is 4.39 Å². The second-order valence-corrected chi connectivity index (χ2v) is 5.97. The fourth-order valence-corrected chi connectivity index (χ4v) is 3.39. The lowest BCUT2D eigenvalue weighted by Gasteiger charge is -2.13. The van der Waals surface area contributed by atoms with E-state index in [0.717, 1.165) is 27.6 Å². The Bertz CT molecular complexity index is 987. The maximum absolute atomic E-state index is 13.3. The van der Waals surface area contributed by atoms with Crippen LogP contribution in [0.1, 0.15) is 27.6 Å². The van der Waals surface area contributed by atoms with E-state index >= 15 is 0 Å². The maximum atomic E-state index is 13.3. The Morgan fingerprint density at radius 2 is 1.92 bits per heavy atom. The number of aromatic nitrogens is 1. The van der Waals surface area contributed by atoms with Crippen molar-refractivity contribution in [1.82, 2.24) is 9.88 Å². The SMILES string of the molecule is CC(=O)c1c(-c2ccc(F)cc2)cc2c3c1ccn3C(=O)CNC2. The molecule has 120 valence electrons. The molecule has 0 aliphatic carbocycles. The van der Waals surface area contributed by atoms with E-state index in [0.29, 0.717) is 12.1 Å². The molecular weight excluding hydrogens is 307 g/mol. The molecule has 2 aromatic carbocycles. The van der Waals surface area contributed by atoms with E-state index in [1.165, 1.54) is 19.1 Å². The van der Waals surface area contributed by atoms with Crippen molar-refractivity contribution in [1.29, 1.82) is 0 Å². The van der Waals surface area contributed by atoms with Gasteiger partial charge in [-0.1, -0.05) is 12.1 Å². The summed E-state index contributed by atoms with van der Waals surface area (Å²) >= 11 is 0. The maximum Gasteiger partial charge on any atom is 0.245 e. The molecule has 1 aliphatic heterocycles. The van der Waals surface area contributed by atoms with E-state index in [4.69, 9.17) is 0 Å². The number of benzene rings is 2. The molecule has 1 aromatic heterocycles. The van der Waals surface area contributed by atoms with Crippen LogP contribution in [0.2, 0.25) is 0 Å². The lowest BCUT2D eigenvalue weighted by atomic mass is 9.92. The Labute approximate surface area is 137 Å². The van der Waals surface area contributed by atoms with Gasteiger partial charge in [0.05, 0.1) is 12.1 Å². The molecule has 5 heteroatoms. The highest BCUT2D eigenvalue weighted by atomic mass is 19.1. The van der Waals surface area contributed by atoms with E-state index in [1.807, 2.05) is 12.1 Å². The second kappa shape index (κ2) is 5.39. The van der Waals surface area contributed by atoms with E-state index < -0.39 is 0 Å². The van der Waals surface area contributed by atoms with Crippen molar-refractivity contribution < 1.29 is 14.0 Å². The third-order valence-corrected chi connectivity index (χ3v) is 4.42. The number of nitrogens with zero attached hydrogens (tertiary/aromatic N) is 1. The molecule has 24 heavy (non-hydrogen) atoms. The topological polar surface area (TPSA) is 51.1 Å². The summed E-state index contributed by atoms with van der Waals surface area (Å²) < 4.78 is 14.9. The van der Waals surface area contributed by atoms with Crippen molar-refractivity contribution >= 4 is 22.6 Å². The van der Waals surface area contributed by atoms with Gasteiger partial charge in [0.1, 0.15) is 5.82 Å². The van der Waals surface area contributed by atoms with Gasteiger partial charge in [-0.3, -0.25) is 14.2 Å². The van der Waals surface area contributed by atoms with Gasteiger partial charge in [-0.2, -0.15) is 0 Å². The lowest BCUT2D eigenvalue weighted by Crippen LogP contribution is -2.23. The van der Waals surface area contributed by atoms with Crippen LogP contribution in [0.4, 0.5) is 4.39 Å². The van der Waals surface area contributed by atoms with Crippen molar-refractivity contribution in [2.24, 2.45) is 0 Å². The molecule has 0 fully saturated rings. The van der Waals surface area contributed by atoms with Gasteiger partial charge < -0.3 is 5.32 Å². The van der Waals surface area contributed by atoms with Crippen molar-refractivity contribution in [2.75, 3.05) is 6.54 Å². The molecule has 0 bridgehead atoms. The first-order valence-corrected chi connectivity index (χ1v) is 7.74. The molecule has 4 rings (SSSR count). The van der Waals surface area contributed by atoms with Crippen molar-refractivity contribution in [3.63, 3.8) is 0 Å². The van der Waals surface area contributed by atoms with Gasteiger partial charge in [0.15, 0.2) is 5.78 Å². The van der Waals surface area contributed by atoms with Crippen LogP contribution in [0.3, 0.4) is 0 Å². The molecule has 0 amide bonds. The molecule has 1 N–H and O–H groups in total. The van der Waals surface area contributed by atoms with Crippen LogP contribution in [0, 0.1) is 5.82 Å². The number of hydrogen-bond donors (Lipinski definition) is 1. The fraction of sp³-hybridized carbons (Fsp3) is 0.158. The van der Waals surface area contributed by atoms with Crippen LogP contribution in [-0.4, -0.2) is 22.8 Å². The predicted octanol–water partition coefficient (Wildman–Crippen LogP) is 3.39. The first kappa shape index (κ1) is 14.8. The Balaban J connectivity index is 2.09. The highest BCUT2D eigenvalue weighted by Gasteiger charge is 2.23. The molecule has 0 spiro atoms. The molecule has 3 aromatic rings. The lowest BCUT2D eigenvalue weighted by molar-refractivity contribution is 0.0919. The third kappa shape index (κ3) is 2.17. The van der Waals surface area contributed by atoms with Gasteiger partial charge >= 0.3 is 0 Å². The highest BCUT2D eigenvalue weighted by molar-refractivity contribution is 6.14. The van der Waals surface area contributed by atoms with Gasteiger partial charge in [0.25, 0.3) is 0 Å². The standard InChI is InChI=1S/C19H15FN2O2/c1-11(23)18-15-6-7-22-17(24)10-21-9-13(19(15)22)8-16(18)12-2-4-14(20)5-3-12/h2-8,21H,9-10H2,1H3. The first-order chi connectivity index (χ1) is 11.6. The average Bonchev–Trinajstić information content (AvgIpc) is 2.92. The van der Waals surface area contributed by atoms with E-state index in [-0.39, 0.29) is 24.1 Å². The number of rotatable bonds is 2. The molecule has 0 unspecified atom stereocenters. The predicted molar refractivity (Wildman–Crippen MR) is 89.7 cm³/mol. The zero-order valence-corrected chi connectivity index (χ0v) is 13.1. The van der Waals surface area contributed by atoms with Crippen LogP contribution in [0.15, 0.2) is 42.6 Å². The number of nitrogens with one attached hydrogen (secondary N) is 1. The minimum Gasteiger partial charge on any atom is -0.304 e. The van der Waals surface area contributed by atoms with E-state index in [9.17, 15) is 14.0 Å². The summed E-state index contributed by atoms with van der Waals surface area (Å²) in [6, 6.07) is 9.84. The number of carbonyl (C=O) groups is 2. The Morgan fingerprint density at radius 3 is 2.62 bits per heavy atom. The summed E-state index contributed by atoms with van der Waals surface area (Å²) in [6.45, 7) is 2.30. The summed E-state index contributed by atoms with van der Waals surface area (Å²) in [4.78, 5) is 24.5. The molecule has 4 nitrogen and oxygen atoms in total. The smallest absolute Gasteiger partial charge is 0.245 e. The molecule has 0 saturated carbocycles. The fourth-order valence-electron chi connectivity index (χ4n) is 3.39. The second-order valence-electron chi connectivity index (χ2n) is 5.97. The summed E-state index contributed by atoms with van der Waals surface area (Å²) in [7, 11) is 0. The molecule has 2 heterocycles. The highest BCUT2D eigenvalue weighted by Crippen LogP contribution is 2.35. The normalized spacial score (nSPS) is 14.0. The van der Waals surface area contributed by atoms with E-state index in [1.54, 1.807) is 22.9 Å².